The van der Waals surface area contributed by atoms with Gasteiger partial charge in [-0.25, -0.2) is 0 Å². The monoisotopic (exact) mass is 317 g/mol. The molecule has 4 nitrogen and oxygen atoms in total. The molecular weight excluding hydrogens is 290 g/mol. The molecule has 1 aliphatic rings. The molecule has 4 heteroatoms. The van der Waals surface area contributed by atoms with Crippen LogP contribution in [0.3, 0.4) is 0 Å². The van der Waals surface area contributed by atoms with Crippen LogP contribution in [0.4, 0.5) is 0 Å². The van der Waals surface area contributed by atoms with E-state index in [1.807, 2.05) is 0 Å². The van der Waals surface area contributed by atoms with Crippen molar-refractivity contribution >= 4 is 11.8 Å². The van der Waals surface area contributed by atoms with E-state index in [0.717, 1.165) is 45.3 Å². The summed E-state index contributed by atoms with van der Waals surface area (Å²) < 4.78 is 5.57. The Hall–Kier alpha value is -1.68. The highest BCUT2D eigenvalue weighted by Gasteiger charge is 2.34. The summed E-state index contributed by atoms with van der Waals surface area (Å²) in [7, 11) is 0. The molecule has 0 spiro atoms. The average molecular weight is 317 g/mol. The van der Waals surface area contributed by atoms with Crippen LogP contribution >= 0.6 is 0 Å². The molecule has 0 unspecified atom stereocenters. The van der Waals surface area contributed by atoms with E-state index in [4.69, 9.17) is 4.74 Å². The maximum atomic E-state index is 12.2. The predicted octanol–water partition coefficient (Wildman–Crippen LogP) is 4.05. The summed E-state index contributed by atoms with van der Waals surface area (Å²) in [5.74, 6) is -0.297. The Kier molecular flexibility index (Phi) is 7.27. The van der Waals surface area contributed by atoms with Crippen molar-refractivity contribution in [3.05, 3.63) is 35.4 Å². The van der Waals surface area contributed by atoms with Crippen LogP contribution in [0.2, 0.25) is 0 Å². The molecule has 2 amide bonds. The first-order valence-electron chi connectivity index (χ1n) is 8.78. The normalized spacial score (nSPS) is 13.7. The molecule has 0 saturated carbocycles. The standard InChI is InChI=1S/C19H27NO3/c1-2-3-9-14-23-15-10-5-4-8-13-20-18(21)16-11-6-7-12-17(16)19(20)22/h6-7,11-12H,2-5,8-10,13-15H2,1H3. The molecular formula is C19H27NO3. The van der Waals surface area contributed by atoms with Crippen molar-refractivity contribution in [1.29, 1.82) is 0 Å². The topological polar surface area (TPSA) is 46.6 Å². The molecule has 0 N–H and O–H groups in total. The first kappa shape index (κ1) is 17.7. The summed E-state index contributed by atoms with van der Waals surface area (Å²) in [5.41, 5.74) is 1.08. The van der Waals surface area contributed by atoms with E-state index in [9.17, 15) is 9.59 Å². The number of amides is 2. The van der Waals surface area contributed by atoms with E-state index in [2.05, 4.69) is 6.92 Å². The second kappa shape index (κ2) is 9.46. The molecule has 23 heavy (non-hydrogen) atoms. The molecule has 0 aliphatic carbocycles. The van der Waals surface area contributed by atoms with Gasteiger partial charge in [-0.15, -0.1) is 0 Å². The van der Waals surface area contributed by atoms with E-state index < -0.39 is 0 Å². The number of carbonyl (C=O) groups is 2. The van der Waals surface area contributed by atoms with Crippen LogP contribution in [0.5, 0.6) is 0 Å². The molecule has 1 aromatic rings. The number of imide groups is 1. The van der Waals surface area contributed by atoms with E-state index in [-0.39, 0.29) is 11.8 Å². The van der Waals surface area contributed by atoms with Gasteiger partial charge >= 0.3 is 0 Å². The van der Waals surface area contributed by atoms with Crippen LogP contribution < -0.4 is 0 Å². The molecule has 0 fully saturated rings. The first-order chi connectivity index (χ1) is 11.3. The molecule has 1 aromatic carbocycles. The second-order valence-electron chi connectivity index (χ2n) is 6.04. The van der Waals surface area contributed by atoms with Gasteiger partial charge < -0.3 is 4.74 Å². The van der Waals surface area contributed by atoms with Crippen molar-refractivity contribution in [3.63, 3.8) is 0 Å². The van der Waals surface area contributed by atoms with Gasteiger partial charge in [-0.05, 0) is 31.4 Å². The van der Waals surface area contributed by atoms with Gasteiger partial charge in [0.25, 0.3) is 11.8 Å². The first-order valence-corrected chi connectivity index (χ1v) is 8.78. The van der Waals surface area contributed by atoms with E-state index in [0.29, 0.717) is 17.7 Å². The third kappa shape index (κ3) is 4.90. The highest BCUT2D eigenvalue weighted by molar-refractivity contribution is 6.21. The Morgan fingerprint density at radius 3 is 2.00 bits per heavy atom. The average Bonchev–Trinajstić information content (AvgIpc) is 2.81. The number of nitrogens with zero attached hydrogens (tertiary/aromatic N) is 1. The molecule has 0 bridgehead atoms. The molecule has 1 aliphatic heterocycles. The lowest BCUT2D eigenvalue weighted by Crippen LogP contribution is -2.30. The van der Waals surface area contributed by atoms with Gasteiger partial charge in [-0.1, -0.05) is 44.7 Å². The van der Waals surface area contributed by atoms with E-state index in [1.165, 1.54) is 17.7 Å². The molecule has 0 atom stereocenters. The summed E-state index contributed by atoms with van der Waals surface area (Å²) in [6, 6.07) is 7.05. The number of rotatable bonds is 11. The van der Waals surface area contributed by atoms with Crippen molar-refractivity contribution < 1.29 is 14.3 Å². The fraction of sp³-hybridized carbons (Fsp3) is 0.579. The van der Waals surface area contributed by atoms with Crippen LogP contribution in [0, 0.1) is 0 Å². The molecule has 1 heterocycles. The zero-order valence-electron chi connectivity index (χ0n) is 14.1. The van der Waals surface area contributed by atoms with Crippen LogP contribution in [0.1, 0.15) is 72.6 Å². The third-order valence-electron chi connectivity index (χ3n) is 4.19. The highest BCUT2D eigenvalue weighted by atomic mass is 16.5. The lowest BCUT2D eigenvalue weighted by molar-refractivity contribution is 0.0650. The number of ether oxygens (including phenoxy) is 1. The van der Waals surface area contributed by atoms with Gasteiger partial charge in [0.1, 0.15) is 0 Å². The Morgan fingerprint density at radius 2 is 1.39 bits per heavy atom. The van der Waals surface area contributed by atoms with Crippen molar-refractivity contribution in [2.75, 3.05) is 19.8 Å². The largest absolute Gasteiger partial charge is 0.381 e. The van der Waals surface area contributed by atoms with Crippen LogP contribution in [0.15, 0.2) is 24.3 Å². The Balaban J connectivity index is 1.57. The van der Waals surface area contributed by atoms with E-state index in [1.54, 1.807) is 24.3 Å². The van der Waals surface area contributed by atoms with Gasteiger partial charge in [0.2, 0.25) is 0 Å². The molecule has 2 rings (SSSR count). The Labute approximate surface area is 138 Å². The summed E-state index contributed by atoms with van der Waals surface area (Å²) >= 11 is 0. The lowest BCUT2D eigenvalue weighted by Gasteiger charge is -2.13. The SMILES string of the molecule is CCCCCOCCCCCCN1C(=O)c2ccccc2C1=O. The number of hydrogen-bond acceptors (Lipinski definition) is 3. The number of hydrogen-bond donors (Lipinski definition) is 0. The molecule has 0 radical (unpaired) electrons. The zero-order chi connectivity index (χ0) is 16.5. The third-order valence-corrected chi connectivity index (χ3v) is 4.19. The minimum atomic E-state index is -0.148. The fourth-order valence-corrected chi connectivity index (χ4v) is 2.83. The molecule has 0 aromatic heterocycles. The quantitative estimate of drug-likeness (QED) is 0.457. The number of benzene rings is 1. The predicted molar refractivity (Wildman–Crippen MR) is 90.6 cm³/mol. The van der Waals surface area contributed by atoms with Crippen molar-refractivity contribution in [1.82, 2.24) is 4.90 Å². The van der Waals surface area contributed by atoms with Crippen LogP contribution in [-0.4, -0.2) is 36.5 Å². The number of fused-ring (bicyclic) bond motifs is 1. The lowest BCUT2D eigenvalue weighted by atomic mass is 10.1. The number of unbranched alkanes of at least 4 members (excludes halogenated alkanes) is 5. The minimum absolute atomic E-state index is 0.148. The fourth-order valence-electron chi connectivity index (χ4n) is 2.83. The number of carbonyl (C=O) groups excluding carboxylic acids is 2. The van der Waals surface area contributed by atoms with Crippen LogP contribution in [-0.2, 0) is 4.74 Å². The highest BCUT2D eigenvalue weighted by Crippen LogP contribution is 2.22. The summed E-state index contributed by atoms with van der Waals surface area (Å²) in [5, 5.41) is 0. The Bertz CT molecular complexity index is 492. The van der Waals surface area contributed by atoms with Gasteiger partial charge in [0, 0.05) is 19.8 Å². The van der Waals surface area contributed by atoms with Crippen LogP contribution in [0.25, 0.3) is 0 Å². The Morgan fingerprint density at radius 1 is 0.826 bits per heavy atom. The van der Waals surface area contributed by atoms with Gasteiger partial charge in [-0.3, -0.25) is 14.5 Å². The summed E-state index contributed by atoms with van der Waals surface area (Å²) in [6.45, 7) is 4.39. The molecule has 0 saturated heterocycles. The molecule has 126 valence electrons. The minimum Gasteiger partial charge on any atom is -0.381 e. The van der Waals surface area contributed by atoms with Crippen molar-refractivity contribution in [2.45, 2.75) is 51.9 Å². The summed E-state index contributed by atoms with van der Waals surface area (Å²) in [4.78, 5) is 25.7. The maximum absolute atomic E-state index is 12.2. The smallest absolute Gasteiger partial charge is 0.261 e. The second-order valence-corrected chi connectivity index (χ2v) is 6.04. The zero-order valence-corrected chi connectivity index (χ0v) is 14.1. The maximum Gasteiger partial charge on any atom is 0.261 e. The van der Waals surface area contributed by atoms with Crippen molar-refractivity contribution in [2.24, 2.45) is 0 Å². The van der Waals surface area contributed by atoms with E-state index >= 15 is 0 Å². The van der Waals surface area contributed by atoms with Crippen molar-refractivity contribution in [3.8, 4) is 0 Å². The van der Waals surface area contributed by atoms with Gasteiger partial charge in [0.15, 0.2) is 0 Å². The van der Waals surface area contributed by atoms with Gasteiger partial charge in [-0.2, -0.15) is 0 Å². The van der Waals surface area contributed by atoms with Gasteiger partial charge in [0.05, 0.1) is 11.1 Å². The summed E-state index contributed by atoms with van der Waals surface area (Å²) in [6.07, 6.45) is 7.62.